The SMILES string of the molecule is COC(=O)[C@@H](OC(C)(C)C)c1c(CBr)nc(-c2ccc(C)c(C)c2)c(C)c1Cl. The lowest BCUT2D eigenvalue weighted by atomic mass is 9.97. The summed E-state index contributed by atoms with van der Waals surface area (Å²) in [6.45, 7) is 11.7. The van der Waals surface area contributed by atoms with E-state index in [1.807, 2.05) is 33.8 Å². The molecule has 0 radical (unpaired) electrons. The zero-order valence-electron chi connectivity index (χ0n) is 17.4. The Morgan fingerprint density at radius 2 is 1.86 bits per heavy atom. The molecular formula is C22H27BrClNO3. The van der Waals surface area contributed by atoms with E-state index in [9.17, 15) is 4.79 Å². The second-order valence-corrected chi connectivity index (χ2v) is 8.76. The van der Waals surface area contributed by atoms with Crippen LogP contribution in [-0.2, 0) is 19.6 Å². The van der Waals surface area contributed by atoms with E-state index in [-0.39, 0.29) is 0 Å². The number of carbonyl (C=O) groups is 1. The van der Waals surface area contributed by atoms with E-state index in [2.05, 4.69) is 41.9 Å². The van der Waals surface area contributed by atoms with Crippen LogP contribution in [0.25, 0.3) is 11.3 Å². The first-order chi connectivity index (χ1) is 13.0. The van der Waals surface area contributed by atoms with Crippen LogP contribution in [0.4, 0.5) is 0 Å². The lowest BCUT2D eigenvalue weighted by Gasteiger charge is -2.28. The first-order valence-electron chi connectivity index (χ1n) is 9.08. The lowest BCUT2D eigenvalue weighted by Crippen LogP contribution is -2.29. The molecule has 1 aromatic heterocycles. The third-order valence-corrected chi connectivity index (χ3v) is 5.55. The maximum absolute atomic E-state index is 12.5. The molecule has 0 amide bonds. The Kier molecular flexibility index (Phi) is 7.29. The van der Waals surface area contributed by atoms with E-state index in [1.54, 1.807) is 0 Å². The summed E-state index contributed by atoms with van der Waals surface area (Å²) in [6.07, 6.45) is -0.954. The highest BCUT2D eigenvalue weighted by atomic mass is 79.9. The minimum atomic E-state index is -0.954. The molecule has 152 valence electrons. The molecule has 0 N–H and O–H groups in total. The average molecular weight is 469 g/mol. The van der Waals surface area contributed by atoms with E-state index < -0.39 is 17.7 Å². The molecule has 0 spiro atoms. The number of hydrogen-bond acceptors (Lipinski definition) is 4. The van der Waals surface area contributed by atoms with Crippen LogP contribution >= 0.6 is 27.5 Å². The number of aryl methyl sites for hydroxylation is 2. The summed E-state index contributed by atoms with van der Waals surface area (Å²) >= 11 is 10.3. The minimum Gasteiger partial charge on any atom is -0.467 e. The standard InChI is InChI=1S/C22H27BrClNO3/c1-12-8-9-15(10-13(12)2)19-14(3)18(24)17(16(11-23)25-19)20(21(26)27-7)28-22(4,5)6/h8-10,20H,11H2,1-7H3/t20-/m0/s1. The molecule has 0 unspecified atom stereocenters. The lowest BCUT2D eigenvalue weighted by molar-refractivity contribution is -0.164. The summed E-state index contributed by atoms with van der Waals surface area (Å²) in [5, 5.41) is 0.901. The number of nitrogens with zero attached hydrogens (tertiary/aromatic N) is 1. The first-order valence-corrected chi connectivity index (χ1v) is 10.6. The predicted molar refractivity (Wildman–Crippen MR) is 117 cm³/mol. The summed E-state index contributed by atoms with van der Waals surface area (Å²) in [7, 11) is 1.34. The van der Waals surface area contributed by atoms with Crippen molar-refractivity contribution in [3.63, 3.8) is 0 Å². The van der Waals surface area contributed by atoms with Crippen LogP contribution in [0.3, 0.4) is 0 Å². The minimum absolute atomic E-state index is 0.432. The number of rotatable bonds is 5. The van der Waals surface area contributed by atoms with E-state index in [0.717, 1.165) is 16.8 Å². The Morgan fingerprint density at radius 3 is 2.36 bits per heavy atom. The number of pyridine rings is 1. The van der Waals surface area contributed by atoms with Crippen molar-refractivity contribution in [2.75, 3.05) is 7.11 Å². The van der Waals surface area contributed by atoms with Crippen molar-refractivity contribution in [2.24, 2.45) is 0 Å². The molecule has 0 fully saturated rings. The third kappa shape index (κ3) is 4.94. The van der Waals surface area contributed by atoms with Crippen LogP contribution in [0.5, 0.6) is 0 Å². The van der Waals surface area contributed by atoms with E-state index in [4.69, 9.17) is 26.1 Å². The number of esters is 1. The van der Waals surface area contributed by atoms with Gasteiger partial charge >= 0.3 is 5.97 Å². The van der Waals surface area contributed by atoms with Gasteiger partial charge in [0.2, 0.25) is 0 Å². The van der Waals surface area contributed by atoms with Crippen molar-refractivity contribution in [3.05, 3.63) is 51.2 Å². The molecule has 0 saturated heterocycles. The molecule has 28 heavy (non-hydrogen) atoms. The van der Waals surface area contributed by atoms with Gasteiger partial charge in [0.15, 0.2) is 6.10 Å². The Hall–Kier alpha value is -1.43. The summed E-state index contributed by atoms with van der Waals surface area (Å²) in [6, 6.07) is 6.21. The third-order valence-electron chi connectivity index (χ3n) is 4.53. The molecule has 0 aliphatic carbocycles. The predicted octanol–water partition coefficient (Wildman–Crippen LogP) is 6.25. The molecule has 1 heterocycles. The highest BCUT2D eigenvalue weighted by Gasteiger charge is 2.33. The molecule has 0 bridgehead atoms. The Bertz CT molecular complexity index is 890. The highest BCUT2D eigenvalue weighted by molar-refractivity contribution is 9.08. The number of hydrogen-bond donors (Lipinski definition) is 0. The van der Waals surface area contributed by atoms with Crippen LogP contribution in [-0.4, -0.2) is 23.7 Å². The maximum Gasteiger partial charge on any atom is 0.339 e. The Balaban J connectivity index is 2.70. The zero-order valence-corrected chi connectivity index (χ0v) is 19.8. The number of carbonyl (C=O) groups excluding carboxylic acids is 1. The van der Waals surface area contributed by atoms with Gasteiger partial charge in [0.25, 0.3) is 0 Å². The van der Waals surface area contributed by atoms with Gasteiger partial charge in [-0.15, -0.1) is 0 Å². The van der Waals surface area contributed by atoms with Crippen molar-refractivity contribution in [1.82, 2.24) is 4.98 Å². The molecule has 2 rings (SSSR count). The molecule has 0 saturated carbocycles. The zero-order chi connectivity index (χ0) is 21.2. The van der Waals surface area contributed by atoms with E-state index in [0.29, 0.717) is 21.6 Å². The second-order valence-electron chi connectivity index (χ2n) is 7.83. The van der Waals surface area contributed by atoms with Crippen molar-refractivity contribution in [1.29, 1.82) is 0 Å². The van der Waals surface area contributed by atoms with Gasteiger partial charge in [-0.05, 0) is 64.3 Å². The smallest absolute Gasteiger partial charge is 0.339 e. The van der Waals surface area contributed by atoms with Gasteiger partial charge in [0.05, 0.1) is 29.1 Å². The molecule has 6 heteroatoms. The summed E-state index contributed by atoms with van der Waals surface area (Å²) in [4.78, 5) is 17.4. The fourth-order valence-electron chi connectivity index (χ4n) is 2.94. The van der Waals surface area contributed by atoms with Crippen LogP contribution < -0.4 is 0 Å². The fourth-order valence-corrected chi connectivity index (χ4v) is 3.66. The summed E-state index contributed by atoms with van der Waals surface area (Å²) in [5.41, 5.74) is 5.63. The van der Waals surface area contributed by atoms with Gasteiger partial charge in [-0.2, -0.15) is 0 Å². The van der Waals surface area contributed by atoms with Crippen LogP contribution in [0.2, 0.25) is 5.02 Å². The maximum atomic E-state index is 12.5. The van der Waals surface area contributed by atoms with Gasteiger partial charge in [0.1, 0.15) is 0 Å². The number of ether oxygens (including phenoxy) is 2. The van der Waals surface area contributed by atoms with Gasteiger partial charge in [0, 0.05) is 16.5 Å². The van der Waals surface area contributed by atoms with Crippen LogP contribution in [0.1, 0.15) is 54.8 Å². The van der Waals surface area contributed by atoms with Gasteiger partial charge < -0.3 is 9.47 Å². The average Bonchev–Trinajstić information content (AvgIpc) is 2.63. The van der Waals surface area contributed by atoms with Crippen LogP contribution in [0, 0.1) is 20.8 Å². The number of benzene rings is 1. The molecule has 0 aliphatic rings. The van der Waals surface area contributed by atoms with E-state index >= 15 is 0 Å². The Morgan fingerprint density at radius 1 is 1.21 bits per heavy atom. The second kappa shape index (κ2) is 8.93. The van der Waals surface area contributed by atoms with Crippen LogP contribution in [0.15, 0.2) is 18.2 Å². The Labute approximate surface area is 180 Å². The van der Waals surface area contributed by atoms with Gasteiger partial charge in [-0.3, -0.25) is 4.98 Å². The molecule has 2 aromatic rings. The molecule has 1 atom stereocenters. The molecular weight excluding hydrogens is 442 g/mol. The monoisotopic (exact) mass is 467 g/mol. The summed E-state index contributed by atoms with van der Waals surface area (Å²) < 4.78 is 11.0. The normalized spacial score (nSPS) is 12.8. The van der Waals surface area contributed by atoms with E-state index in [1.165, 1.54) is 18.2 Å². The van der Waals surface area contributed by atoms with Crippen molar-refractivity contribution in [2.45, 2.75) is 58.6 Å². The van der Waals surface area contributed by atoms with Crippen molar-refractivity contribution in [3.8, 4) is 11.3 Å². The van der Waals surface area contributed by atoms with Crippen molar-refractivity contribution >= 4 is 33.5 Å². The fraction of sp³-hybridized carbons (Fsp3) is 0.455. The molecule has 4 nitrogen and oxygen atoms in total. The number of halogens is 2. The highest BCUT2D eigenvalue weighted by Crippen LogP contribution is 2.39. The molecule has 0 aliphatic heterocycles. The largest absolute Gasteiger partial charge is 0.467 e. The first kappa shape index (κ1) is 22.9. The number of methoxy groups -OCH3 is 1. The quantitative estimate of drug-likeness (QED) is 0.384. The molecule has 1 aromatic carbocycles. The van der Waals surface area contributed by atoms with Gasteiger partial charge in [-0.1, -0.05) is 39.7 Å². The summed E-state index contributed by atoms with van der Waals surface area (Å²) in [5.74, 6) is -0.501. The van der Waals surface area contributed by atoms with Gasteiger partial charge in [-0.25, -0.2) is 4.79 Å². The number of alkyl halides is 1. The number of aromatic nitrogens is 1. The van der Waals surface area contributed by atoms with Crippen molar-refractivity contribution < 1.29 is 14.3 Å². The topological polar surface area (TPSA) is 48.4 Å².